The number of aromatic amines is 1. The van der Waals surface area contributed by atoms with Crippen molar-refractivity contribution in [3.05, 3.63) is 35.7 Å². The molecule has 122 valence electrons. The number of H-pyrrole nitrogens is 1. The van der Waals surface area contributed by atoms with Gasteiger partial charge in [0.2, 0.25) is 0 Å². The highest BCUT2D eigenvalue weighted by Gasteiger charge is 2.16. The number of hydrogen-bond donors (Lipinski definition) is 2. The van der Waals surface area contributed by atoms with Crippen molar-refractivity contribution in [2.75, 3.05) is 11.6 Å². The normalized spacial score (nSPS) is 15.5. The second kappa shape index (κ2) is 7.64. The van der Waals surface area contributed by atoms with Crippen molar-refractivity contribution in [1.29, 1.82) is 0 Å². The molecule has 0 saturated heterocycles. The molecule has 0 bridgehead atoms. The van der Waals surface area contributed by atoms with E-state index in [1.165, 1.54) is 43.9 Å². The first-order chi connectivity index (χ1) is 11.3. The third-order valence-corrected chi connectivity index (χ3v) is 5.03. The lowest BCUT2D eigenvalue weighted by atomic mass is 9.86. The third-order valence-electron chi connectivity index (χ3n) is 4.31. The molecule has 5 nitrogen and oxygen atoms in total. The maximum Gasteiger partial charge on any atom is 0.259 e. The van der Waals surface area contributed by atoms with Gasteiger partial charge in [0.25, 0.3) is 5.91 Å². The monoisotopic (exact) mass is 330 g/mol. The van der Waals surface area contributed by atoms with Crippen molar-refractivity contribution < 1.29 is 4.79 Å². The topological polar surface area (TPSA) is 70.7 Å². The molecule has 2 heterocycles. The average molecular weight is 330 g/mol. The Labute approximate surface area is 140 Å². The van der Waals surface area contributed by atoms with Gasteiger partial charge in [0.1, 0.15) is 5.03 Å². The minimum atomic E-state index is -0.168. The van der Waals surface area contributed by atoms with Crippen LogP contribution >= 0.6 is 11.8 Å². The van der Waals surface area contributed by atoms with Gasteiger partial charge in [0.15, 0.2) is 5.82 Å². The molecule has 0 aromatic carbocycles. The van der Waals surface area contributed by atoms with Crippen LogP contribution in [-0.4, -0.2) is 27.3 Å². The summed E-state index contributed by atoms with van der Waals surface area (Å²) in [6.07, 6.45) is 11.3. The fourth-order valence-electron chi connectivity index (χ4n) is 3.14. The molecule has 2 aromatic heterocycles. The van der Waals surface area contributed by atoms with Gasteiger partial charge in [0.05, 0.1) is 5.56 Å². The molecule has 1 saturated carbocycles. The summed E-state index contributed by atoms with van der Waals surface area (Å²) in [5.41, 5.74) is 1.68. The molecule has 2 N–H and O–H groups in total. The quantitative estimate of drug-likeness (QED) is 0.816. The van der Waals surface area contributed by atoms with Gasteiger partial charge in [-0.15, -0.1) is 11.8 Å². The standard InChI is InChI=1S/C17H22N4OS/c1-23-17-14(8-5-9-18-17)16(22)19-15-11-13(20-21-15)10-12-6-3-2-4-7-12/h5,8-9,11-12H,2-4,6-7,10H2,1H3,(H2,19,20,21,22). The van der Waals surface area contributed by atoms with Gasteiger partial charge in [-0.1, -0.05) is 32.1 Å². The summed E-state index contributed by atoms with van der Waals surface area (Å²) in [7, 11) is 0. The van der Waals surface area contributed by atoms with E-state index in [0.717, 1.165) is 23.1 Å². The smallest absolute Gasteiger partial charge is 0.259 e. The molecule has 3 rings (SSSR count). The van der Waals surface area contributed by atoms with E-state index in [-0.39, 0.29) is 5.91 Å². The fourth-order valence-corrected chi connectivity index (χ4v) is 3.69. The van der Waals surface area contributed by atoms with Crippen molar-refractivity contribution >= 4 is 23.5 Å². The van der Waals surface area contributed by atoms with E-state index in [1.54, 1.807) is 18.3 Å². The maximum absolute atomic E-state index is 12.4. The molecule has 0 atom stereocenters. The third kappa shape index (κ3) is 4.13. The molecule has 2 aromatic rings. The van der Waals surface area contributed by atoms with Gasteiger partial charge in [-0.3, -0.25) is 9.89 Å². The highest BCUT2D eigenvalue weighted by Crippen LogP contribution is 2.27. The predicted molar refractivity (Wildman–Crippen MR) is 92.8 cm³/mol. The molecule has 6 heteroatoms. The lowest BCUT2D eigenvalue weighted by Crippen LogP contribution is -2.13. The second-order valence-corrected chi connectivity index (χ2v) is 6.80. The zero-order valence-corrected chi connectivity index (χ0v) is 14.2. The first-order valence-corrected chi connectivity index (χ1v) is 9.33. The lowest BCUT2D eigenvalue weighted by Gasteiger charge is -2.20. The summed E-state index contributed by atoms with van der Waals surface area (Å²) in [5.74, 6) is 1.16. The van der Waals surface area contributed by atoms with Crippen LogP contribution < -0.4 is 5.32 Å². The fraction of sp³-hybridized carbons (Fsp3) is 0.471. The first kappa shape index (κ1) is 16.1. The Morgan fingerprint density at radius 1 is 1.39 bits per heavy atom. The summed E-state index contributed by atoms with van der Waals surface area (Å²) < 4.78 is 0. The molecule has 1 aliphatic carbocycles. The number of carbonyl (C=O) groups is 1. The van der Waals surface area contributed by atoms with Crippen molar-refractivity contribution in [3.63, 3.8) is 0 Å². The van der Waals surface area contributed by atoms with Gasteiger partial charge < -0.3 is 5.32 Å². The van der Waals surface area contributed by atoms with Gasteiger partial charge >= 0.3 is 0 Å². The Bertz CT molecular complexity index is 664. The summed E-state index contributed by atoms with van der Waals surface area (Å²) >= 11 is 1.46. The van der Waals surface area contributed by atoms with E-state index in [9.17, 15) is 4.79 Å². The minimum Gasteiger partial charge on any atom is -0.305 e. The Morgan fingerprint density at radius 2 is 2.22 bits per heavy atom. The van der Waals surface area contributed by atoms with Crippen molar-refractivity contribution in [2.24, 2.45) is 5.92 Å². The summed E-state index contributed by atoms with van der Waals surface area (Å²) in [4.78, 5) is 16.6. The van der Waals surface area contributed by atoms with Gasteiger partial charge in [-0.05, 0) is 30.7 Å². The SMILES string of the molecule is CSc1ncccc1C(=O)Nc1cc(CC2CCCCC2)[nH]n1. The Balaban J connectivity index is 1.63. The zero-order chi connectivity index (χ0) is 16.1. The van der Waals surface area contributed by atoms with E-state index in [2.05, 4.69) is 20.5 Å². The summed E-state index contributed by atoms with van der Waals surface area (Å²) in [6, 6.07) is 5.50. The van der Waals surface area contributed by atoms with Crippen LogP contribution in [0.25, 0.3) is 0 Å². The predicted octanol–water partition coefficient (Wildman–Crippen LogP) is 3.90. The van der Waals surface area contributed by atoms with E-state index in [4.69, 9.17) is 0 Å². The minimum absolute atomic E-state index is 0.168. The molecule has 0 aliphatic heterocycles. The van der Waals surface area contributed by atoms with Crippen molar-refractivity contribution in [2.45, 2.75) is 43.6 Å². The molecular weight excluding hydrogens is 308 g/mol. The van der Waals surface area contributed by atoms with Gasteiger partial charge in [-0.25, -0.2) is 4.98 Å². The summed E-state index contributed by atoms with van der Waals surface area (Å²) in [6.45, 7) is 0. The molecule has 1 fully saturated rings. The van der Waals surface area contributed by atoms with Crippen LogP contribution in [0, 0.1) is 5.92 Å². The van der Waals surface area contributed by atoms with Crippen molar-refractivity contribution in [1.82, 2.24) is 15.2 Å². The van der Waals surface area contributed by atoms with Crippen molar-refractivity contribution in [3.8, 4) is 0 Å². The van der Waals surface area contributed by atoms with Crippen LogP contribution in [0.1, 0.15) is 48.2 Å². The highest BCUT2D eigenvalue weighted by molar-refractivity contribution is 7.98. The molecule has 0 radical (unpaired) electrons. The number of rotatable bonds is 5. The lowest BCUT2D eigenvalue weighted by molar-refractivity contribution is 0.102. The number of anilines is 1. The van der Waals surface area contributed by atoms with E-state index >= 15 is 0 Å². The van der Waals surface area contributed by atoms with E-state index in [0.29, 0.717) is 11.4 Å². The first-order valence-electron chi connectivity index (χ1n) is 8.11. The molecule has 1 aliphatic rings. The number of nitrogens with one attached hydrogen (secondary N) is 2. The van der Waals surface area contributed by atoms with Crippen LogP contribution in [0.2, 0.25) is 0 Å². The van der Waals surface area contributed by atoms with E-state index in [1.807, 2.05) is 12.3 Å². The average Bonchev–Trinajstić information content (AvgIpc) is 3.02. The Kier molecular flexibility index (Phi) is 5.33. The number of amides is 1. The number of aromatic nitrogens is 3. The number of carbonyl (C=O) groups excluding carboxylic acids is 1. The molecular formula is C17H22N4OS. The number of nitrogens with zero attached hydrogens (tertiary/aromatic N) is 2. The highest BCUT2D eigenvalue weighted by atomic mass is 32.2. The maximum atomic E-state index is 12.4. The number of pyridine rings is 1. The van der Waals surface area contributed by atoms with Crippen LogP contribution in [0.4, 0.5) is 5.82 Å². The molecule has 1 amide bonds. The molecule has 23 heavy (non-hydrogen) atoms. The van der Waals surface area contributed by atoms with Crippen LogP contribution in [0.15, 0.2) is 29.4 Å². The second-order valence-electron chi connectivity index (χ2n) is 6.00. The van der Waals surface area contributed by atoms with Crippen LogP contribution in [0.5, 0.6) is 0 Å². The van der Waals surface area contributed by atoms with Crippen LogP contribution in [-0.2, 0) is 6.42 Å². The van der Waals surface area contributed by atoms with Gasteiger partial charge in [0, 0.05) is 18.0 Å². The Hall–Kier alpha value is -1.82. The van der Waals surface area contributed by atoms with Crippen LogP contribution in [0.3, 0.4) is 0 Å². The summed E-state index contributed by atoms with van der Waals surface area (Å²) in [5, 5.41) is 10.9. The Morgan fingerprint density at radius 3 is 3.00 bits per heavy atom. The largest absolute Gasteiger partial charge is 0.305 e. The number of thioether (sulfide) groups is 1. The van der Waals surface area contributed by atoms with E-state index < -0.39 is 0 Å². The number of hydrogen-bond acceptors (Lipinski definition) is 4. The molecule has 0 unspecified atom stereocenters. The molecule has 0 spiro atoms. The van der Waals surface area contributed by atoms with Gasteiger partial charge in [-0.2, -0.15) is 5.10 Å². The zero-order valence-electron chi connectivity index (χ0n) is 13.3.